The normalized spacial score (nSPS) is 13.0. The van der Waals surface area contributed by atoms with Crippen LogP contribution in [0.1, 0.15) is 92.8 Å². The van der Waals surface area contributed by atoms with Gasteiger partial charge in [0.1, 0.15) is 5.65 Å². The number of carbonyl (C=O) groups excluding carboxylic acids is 2. The number of hydrogen-bond acceptors (Lipinski definition) is 7. The average molecular weight is 701 g/mol. The Morgan fingerprint density at radius 2 is 1.82 bits per heavy atom. The molecule has 0 fully saturated rings. The molecular weight excluding hydrogens is 647 g/mol. The zero-order valence-corrected chi connectivity index (χ0v) is 32.0. The van der Waals surface area contributed by atoms with Gasteiger partial charge in [-0.2, -0.15) is 5.10 Å². The maximum absolute atomic E-state index is 15.2. The number of fused-ring (bicyclic) bond motifs is 3. The van der Waals surface area contributed by atoms with Crippen molar-refractivity contribution < 1.29 is 28.6 Å². The highest BCUT2D eigenvalue weighted by Crippen LogP contribution is 2.42. The first-order valence-corrected chi connectivity index (χ1v) is 17.6. The molecule has 1 atom stereocenters. The third kappa shape index (κ3) is 9.22. The van der Waals surface area contributed by atoms with Crippen molar-refractivity contribution in [1.29, 1.82) is 0 Å². The summed E-state index contributed by atoms with van der Waals surface area (Å²) in [7, 11) is 5.30. The number of aryl methyl sites for hydroxylation is 3. The summed E-state index contributed by atoms with van der Waals surface area (Å²) in [5.74, 6) is 0.297. The van der Waals surface area contributed by atoms with Crippen LogP contribution in [0.3, 0.4) is 0 Å². The predicted octanol–water partition coefficient (Wildman–Crippen LogP) is 8.18. The molecule has 1 aliphatic rings. The van der Waals surface area contributed by atoms with E-state index in [-0.39, 0.29) is 24.0 Å². The largest absolute Gasteiger partial charge is 0.490 e. The van der Waals surface area contributed by atoms with Crippen LogP contribution in [0.2, 0.25) is 0 Å². The van der Waals surface area contributed by atoms with Gasteiger partial charge in [-0.05, 0) is 119 Å². The molecule has 4 heterocycles. The van der Waals surface area contributed by atoms with Gasteiger partial charge in [0.2, 0.25) is 0 Å². The molecule has 0 spiro atoms. The average Bonchev–Trinajstić information content (AvgIpc) is 3.60. The number of esters is 1. The zero-order valence-electron chi connectivity index (χ0n) is 32.0. The number of benzene rings is 2. The molecule has 5 aromatic rings. The molecule has 0 saturated heterocycles. The summed E-state index contributed by atoms with van der Waals surface area (Å²) in [6.07, 6.45) is 5.51. The highest BCUT2D eigenvalue weighted by Gasteiger charge is 2.26. The lowest BCUT2D eigenvalue weighted by Crippen LogP contribution is -2.13. The van der Waals surface area contributed by atoms with Gasteiger partial charge in [0, 0.05) is 47.4 Å². The summed E-state index contributed by atoms with van der Waals surface area (Å²) in [6.45, 7) is 15.7. The molecule has 10 heteroatoms. The Labute approximate surface area is 300 Å². The summed E-state index contributed by atoms with van der Waals surface area (Å²) >= 11 is 0. The lowest BCUT2D eigenvalue weighted by Gasteiger charge is -2.23. The third-order valence-corrected chi connectivity index (χ3v) is 9.24. The Bertz CT molecular complexity index is 2050. The number of pyridine rings is 1. The first kappa shape index (κ1) is 39.2. The molecule has 1 aliphatic heterocycles. The van der Waals surface area contributed by atoms with Crippen molar-refractivity contribution in [2.24, 2.45) is 20.0 Å². The van der Waals surface area contributed by atoms with Crippen LogP contribution in [0.4, 0.5) is 4.39 Å². The summed E-state index contributed by atoms with van der Waals surface area (Å²) < 4.78 is 29.8. The second kappa shape index (κ2) is 16.2. The van der Waals surface area contributed by atoms with E-state index in [0.717, 1.165) is 86.7 Å². The Morgan fingerprint density at radius 3 is 2.45 bits per heavy atom. The highest BCUT2D eigenvalue weighted by atomic mass is 19.1. The molecule has 9 nitrogen and oxygen atoms in total. The molecule has 3 aromatic heterocycles. The fourth-order valence-electron chi connectivity index (χ4n) is 6.27. The Morgan fingerprint density at radius 1 is 1.14 bits per heavy atom. The molecule has 2 aromatic carbocycles. The zero-order chi connectivity index (χ0) is 37.8. The minimum Gasteiger partial charge on any atom is -0.490 e. The number of Topliss-reactive ketones (excluding diaryl/α,β-unsaturated/α-hetero) is 1. The van der Waals surface area contributed by atoms with E-state index in [4.69, 9.17) is 19.6 Å². The number of aromatic nitrogens is 4. The lowest BCUT2D eigenvalue weighted by atomic mass is 9.87. The van der Waals surface area contributed by atoms with Crippen molar-refractivity contribution in [3.05, 3.63) is 76.0 Å². The maximum Gasteiger partial charge on any atom is 0.310 e. The van der Waals surface area contributed by atoms with Gasteiger partial charge >= 0.3 is 5.97 Å². The van der Waals surface area contributed by atoms with Crippen molar-refractivity contribution >= 4 is 33.7 Å². The van der Waals surface area contributed by atoms with E-state index in [1.165, 1.54) is 12.8 Å². The number of aliphatic hydroxyl groups is 1. The number of methoxy groups -OCH3 is 1. The van der Waals surface area contributed by atoms with Gasteiger partial charge < -0.3 is 19.1 Å². The molecule has 51 heavy (non-hydrogen) atoms. The first-order valence-electron chi connectivity index (χ1n) is 17.6. The van der Waals surface area contributed by atoms with E-state index >= 15 is 4.39 Å². The number of rotatable bonds is 7. The topological polar surface area (TPSA) is 108 Å². The second-order valence-corrected chi connectivity index (χ2v) is 14.5. The van der Waals surface area contributed by atoms with Crippen LogP contribution in [0.15, 0.2) is 36.5 Å². The minimum absolute atomic E-state index is 0.0881. The Hall–Kier alpha value is -4.57. The summed E-state index contributed by atoms with van der Waals surface area (Å²) in [5.41, 5.74) is 8.44. The van der Waals surface area contributed by atoms with Crippen molar-refractivity contribution in [3.8, 4) is 16.9 Å². The maximum atomic E-state index is 15.2. The monoisotopic (exact) mass is 700 g/mol. The molecule has 0 bridgehead atoms. The Kier molecular flexibility index (Phi) is 12.4. The van der Waals surface area contributed by atoms with Crippen LogP contribution < -0.4 is 4.74 Å². The predicted molar refractivity (Wildman–Crippen MR) is 201 cm³/mol. The van der Waals surface area contributed by atoms with Crippen LogP contribution in [-0.4, -0.2) is 55.5 Å². The summed E-state index contributed by atoms with van der Waals surface area (Å²) in [5, 5.41) is 14.6. The summed E-state index contributed by atoms with van der Waals surface area (Å²) in [6, 6.07) is 9.34. The van der Waals surface area contributed by atoms with Gasteiger partial charge in [-0.1, -0.05) is 20.3 Å². The smallest absolute Gasteiger partial charge is 0.310 e. The van der Waals surface area contributed by atoms with Crippen LogP contribution in [-0.2, 0) is 42.9 Å². The van der Waals surface area contributed by atoms with E-state index in [1.807, 2.05) is 46.1 Å². The van der Waals surface area contributed by atoms with Crippen molar-refractivity contribution in [2.45, 2.75) is 93.1 Å². The molecule has 0 saturated carbocycles. The minimum atomic E-state index is -0.500. The van der Waals surface area contributed by atoms with E-state index < -0.39 is 5.60 Å². The molecule has 0 radical (unpaired) electrons. The highest BCUT2D eigenvalue weighted by molar-refractivity contribution is 5.99. The molecule has 0 aliphatic carbocycles. The van der Waals surface area contributed by atoms with Gasteiger partial charge in [0.25, 0.3) is 0 Å². The third-order valence-electron chi connectivity index (χ3n) is 9.24. The lowest BCUT2D eigenvalue weighted by molar-refractivity contribution is -0.139. The number of ketones is 1. The number of nitrogens with zero attached hydrogens (tertiary/aromatic N) is 4. The van der Waals surface area contributed by atoms with Crippen LogP contribution in [0.25, 0.3) is 33.1 Å². The molecule has 0 amide bonds. The molecule has 1 N–H and O–H groups in total. The number of hydrogen-bond donors (Lipinski definition) is 1. The fourth-order valence-corrected chi connectivity index (χ4v) is 6.27. The quantitative estimate of drug-likeness (QED) is 0.135. The van der Waals surface area contributed by atoms with Crippen LogP contribution in [0.5, 0.6) is 5.75 Å². The van der Waals surface area contributed by atoms with Gasteiger partial charge in [-0.15, -0.1) is 0 Å². The first-order chi connectivity index (χ1) is 23.9. The Balaban J connectivity index is 0.000000265. The number of halogens is 1. The summed E-state index contributed by atoms with van der Waals surface area (Å²) in [4.78, 5) is 28.3. The standard InChI is InChI=1S/C27H33FN2O3.C10H10N2O.C4H10O/c1-7-15(2)11-18-12-22-25(20-13-23(28)26-19(16(20)3)9-8-10-33-26)21(14-24(31)32-6)17(4)29-27(22)30(18)5;1-7(13)8-3-4-10-9(5-8)6-11-12(10)2;1-4(2,3)5/h12-13,15H,7-11,14H2,1-6H3;3-6H,1-2H3;5H,1-3H3. The molecule has 1 unspecified atom stereocenters. The number of ether oxygens (including phenoxy) is 2. The van der Waals surface area contributed by atoms with Crippen molar-refractivity contribution in [2.75, 3.05) is 13.7 Å². The van der Waals surface area contributed by atoms with Gasteiger partial charge in [0.15, 0.2) is 17.3 Å². The van der Waals surface area contributed by atoms with Gasteiger partial charge in [-0.3, -0.25) is 14.3 Å². The van der Waals surface area contributed by atoms with Crippen LogP contribution >= 0.6 is 0 Å². The molecule has 274 valence electrons. The van der Waals surface area contributed by atoms with E-state index in [9.17, 15) is 9.59 Å². The van der Waals surface area contributed by atoms with Crippen LogP contribution in [0, 0.1) is 25.6 Å². The van der Waals surface area contributed by atoms with Crippen molar-refractivity contribution in [1.82, 2.24) is 19.3 Å². The van der Waals surface area contributed by atoms with Crippen molar-refractivity contribution in [3.63, 3.8) is 0 Å². The van der Waals surface area contributed by atoms with E-state index in [0.29, 0.717) is 18.3 Å². The van der Waals surface area contributed by atoms with E-state index in [2.05, 4.69) is 29.6 Å². The van der Waals surface area contributed by atoms with E-state index in [1.54, 1.807) is 44.6 Å². The van der Waals surface area contributed by atoms with Gasteiger partial charge in [0.05, 0.1) is 37.5 Å². The molecular formula is C41H53FN4O5. The second-order valence-electron chi connectivity index (χ2n) is 14.5. The molecule has 6 rings (SSSR count). The number of carbonyl (C=O) groups is 2. The fraction of sp³-hybridized carbons (Fsp3) is 0.463. The SMILES string of the molecule is CC(=O)c1ccc2c(cnn2C)c1.CC(C)(C)O.CCC(C)Cc1cc2c(-c3cc(F)c4c(c3C)CCCO4)c(CC(=O)OC)c(C)nc2n1C. The van der Waals surface area contributed by atoms with Gasteiger partial charge in [-0.25, -0.2) is 9.37 Å².